The molecular weight excluding hydrogens is 598 g/mol. The summed E-state index contributed by atoms with van der Waals surface area (Å²) in [5.74, 6) is -1.15. The van der Waals surface area contributed by atoms with Crippen molar-refractivity contribution >= 4 is 64.1 Å². The third kappa shape index (κ3) is 7.24. The van der Waals surface area contributed by atoms with Gasteiger partial charge in [-0.1, -0.05) is 64.8 Å². The lowest BCUT2D eigenvalue weighted by molar-refractivity contribution is -0.137. The van der Waals surface area contributed by atoms with Gasteiger partial charge in [-0.3, -0.25) is 14.2 Å². The molecule has 0 aliphatic heterocycles. The second kappa shape index (κ2) is 12.3. The first-order valence-electron chi connectivity index (χ1n) is 11.1. The Balaban J connectivity index is 1.53. The van der Waals surface area contributed by atoms with Crippen molar-refractivity contribution in [1.29, 1.82) is 0 Å². The zero-order valence-corrected chi connectivity index (χ0v) is 22.7. The van der Waals surface area contributed by atoms with E-state index >= 15 is 0 Å². The number of benzene rings is 3. The standard InChI is InChI=1S/C25H17Cl3F3N5O2S/c26-14-4-3-5-16(10-14)36-21(12-32-23(38)17-11-15(27)8-9-19(17)28)34-35-24(36)39-13-22(37)33-20-7-2-1-6-18(20)25(29,30)31/h1-11H,12-13H2,(H,32,38)(H,33,37). The van der Waals surface area contributed by atoms with Crippen molar-refractivity contribution in [3.8, 4) is 5.69 Å². The second-order valence-electron chi connectivity index (χ2n) is 7.90. The number of carbonyl (C=O) groups is 2. The van der Waals surface area contributed by atoms with Gasteiger partial charge < -0.3 is 10.6 Å². The Morgan fingerprint density at radius 3 is 2.41 bits per heavy atom. The van der Waals surface area contributed by atoms with Crippen molar-refractivity contribution < 1.29 is 22.8 Å². The first-order valence-corrected chi connectivity index (χ1v) is 13.2. The third-order valence-corrected chi connectivity index (χ3v) is 6.91. The molecule has 4 aromatic rings. The zero-order valence-electron chi connectivity index (χ0n) is 19.6. The number of nitrogens with zero attached hydrogens (tertiary/aromatic N) is 3. The lowest BCUT2D eigenvalue weighted by atomic mass is 10.1. The molecule has 14 heteroatoms. The average Bonchev–Trinajstić information content (AvgIpc) is 3.30. The molecule has 4 rings (SSSR count). The first kappa shape index (κ1) is 28.8. The van der Waals surface area contributed by atoms with E-state index in [1.54, 1.807) is 34.9 Å². The van der Waals surface area contributed by atoms with Gasteiger partial charge in [0.05, 0.1) is 39.8 Å². The maximum absolute atomic E-state index is 13.3. The SMILES string of the molecule is O=C(CSc1nnc(CNC(=O)c2cc(Cl)ccc2Cl)n1-c1cccc(Cl)c1)Nc1ccccc1C(F)(F)F. The van der Waals surface area contributed by atoms with Crippen molar-refractivity contribution in [1.82, 2.24) is 20.1 Å². The van der Waals surface area contributed by atoms with Crippen LogP contribution in [0.15, 0.2) is 71.9 Å². The summed E-state index contributed by atoms with van der Waals surface area (Å²) in [5.41, 5.74) is -0.593. The number of nitrogens with one attached hydrogen (secondary N) is 2. The molecule has 1 heterocycles. The van der Waals surface area contributed by atoms with Gasteiger partial charge in [-0.25, -0.2) is 0 Å². The number of hydrogen-bond donors (Lipinski definition) is 2. The molecule has 0 spiro atoms. The van der Waals surface area contributed by atoms with E-state index in [-0.39, 0.29) is 33.7 Å². The van der Waals surface area contributed by atoms with E-state index in [0.29, 0.717) is 21.6 Å². The number of alkyl halides is 3. The zero-order chi connectivity index (χ0) is 28.2. The van der Waals surface area contributed by atoms with Crippen LogP contribution in [0.2, 0.25) is 15.1 Å². The van der Waals surface area contributed by atoms with Crippen LogP contribution in [-0.2, 0) is 17.5 Å². The molecule has 0 atom stereocenters. The van der Waals surface area contributed by atoms with E-state index in [0.717, 1.165) is 17.8 Å². The number of aromatic nitrogens is 3. The van der Waals surface area contributed by atoms with Gasteiger partial charge >= 0.3 is 6.18 Å². The van der Waals surface area contributed by atoms with Crippen molar-refractivity contribution in [2.24, 2.45) is 0 Å². The number of thioether (sulfide) groups is 1. The number of anilines is 1. The van der Waals surface area contributed by atoms with Gasteiger partial charge in [0.25, 0.3) is 5.91 Å². The molecule has 2 N–H and O–H groups in total. The molecule has 0 bridgehead atoms. The summed E-state index contributed by atoms with van der Waals surface area (Å²) in [4.78, 5) is 25.3. The minimum atomic E-state index is -4.63. The molecule has 3 aromatic carbocycles. The molecule has 0 fully saturated rings. The summed E-state index contributed by atoms with van der Waals surface area (Å²) in [5, 5.41) is 14.5. The lowest BCUT2D eigenvalue weighted by Crippen LogP contribution is -2.25. The maximum Gasteiger partial charge on any atom is 0.418 e. The quantitative estimate of drug-likeness (QED) is 0.211. The predicted octanol–water partition coefficient (Wildman–Crippen LogP) is 6.91. The molecular formula is C25H17Cl3F3N5O2S. The van der Waals surface area contributed by atoms with Crippen molar-refractivity contribution in [3.05, 3.63) is 98.7 Å². The van der Waals surface area contributed by atoms with E-state index in [4.69, 9.17) is 34.8 Å². The summed E-state index contributed by atoms with van der Waals surface area (Å²) >= 11 is 19.2. The van der Waals surface area contributed by atoms with Gasteiger partial charge in [-0.05, 0) is 48.5 Å². The highest BCUT2D eigenvalue weighted by Crippen LogP contribution is 2.34. The molecule has 7 nitrogen and oxygen atoms in total. The Morgan fingerprint density at radius 2 is 1.67 bits per heavy atom. The van der Waals surface area contributed by atoms with E-state index < -0.39 is 23.6 Å². The van der Waals surface area contributed by atoms with Crippen LogP contribution in [0, 0.1) is 0 Å². The lowest BCUT2D eigenvalue weighted by Gasteiger charge is -2.14. The minimum Gasteiger partial charge on any atom is -0.345 e. The Hall–Kier alpha value is -3.25. The monoisotopic (exact) mass is 613 g/mol. The van der Waals surface area contributed by atoms with Crippen molar-refractivity contribution in [2.75, 3.05) is 11.1 Å². The van der Waals surface area contributed by atoms with Gasteiger partial charge in [-0.2, -0.15) is 13.2 Å². The number of amides is 2. The van der Waals surface area contributed by atoms with Crippen LogP contribution in [0.1, 0.15) is 21.7 Å². The smallest absolute Gasteiger partial charge is 0.345 e. The molecule has 0 unspecified atom stereocenters. The molecule has 0 aliphatic carbocycles. The van der Waals surface area contributed by atoms with E-state index in [1.807, 2.05) is 0 Å². The third-order valence-electron chi connectivity index (χ3n) is 5.19. The number of hydrogen-bond acceptors (Lipinski definition) is 5. The van der Waals surface area contributed by atoms with Gasteiger partial charge in [0, 0.05) is 10.0 Å². The van der Waals surface area contributed by atoms with Crippen LogP contribution in [0.4, 0.5) is 18.9 Å². The highest BCUT2D eigenvalue weighted by molar-refractivity contribution is 7.99. The number of halogens is 6. The molecule has 1 aromatic heterocycles. The van der Waals surface area contributed by atoms with E-state index in [1.165, 1.54) is 30.3 Å². The van der Waals surface area contributed by atoms with Crippen LogP contribution < -0.4 is 10.6 Å². The fourth-order valence-electron chi connectivity index (χ4n) is 3.46. The van der Waals surface area contributed by atoms with Crippen LogP contribution >= 0.6 is 46.6 Å². The van der Waals surface area contributed by atoms with Gasteiger partial charge in [0.15, 0.2) is 11.0 Å². The van der Waals surface area contributed by atoms with Gasteiger partial charge in [-0.15, -0.1) is 10.2 Å². The van der Waals surface area contributed by atoms with Crippen molar-refractivity contribution in [2.45, 2.75) is 17.9 Å². The first-order chi connectivity index (χ1) is 18.5. The largest absolute Gasteiger partial charge is 0.418 e. The van der Waals surface area contributed by atoms with Crippen LogP contribution in [0.25, 0.3) is 5.69 Å². The summed E-state index contributed by atoms with van der Waals surface area (Å²) < 4.78 is 41.4. The Kier molecular flexibility index (Phi) is 9.06. The molecule has 39 heavy (non-hydrogen) atoms. The molecule has 0 saturated carbocycles. The second-order valence-corrected chi connectivity index (χ2v) is 10.1. The molecule has 0 aliphatic rings. The predicted molar refractivity (Wildman–Crippen MR) is 145 cm³/mol. The highest BCUT2D eigenvalue weighted by Gasteiger charge is 2.33. The maximum atomic E-state index is 13.3. The average molecular weight is 615 g/mol. The number of para-hydroxylation sites is 1. The van der Waals surface area contributed by atoms with Crippen LogP contribution in [0.3, 0.4) is 0 Å². The summed E-state index contributed by atoms with van der Waals surface area (Å²) in [7, 11) is 0. The molecule has 2 amide bonds. The Bertz CT molecular complexity index is 1530. The minimum absolute atomic E-state index is 0.0765. The number of rotatable bonds is 8. The number of carbonyl (C=O) groups excluding carboxylic acids is 2. The van der Waals surface area contributed by atoms with Crippen molar-refractivity contribution in [3.63, 3.8) is 0 Å². The van der Waals surface area contributed by atoms with Gasteiger partial charge in [0.2, 0.25) is 5.91 Å². The highest BCUT2D eigenvalue weighted by atomic mass is 35.5. The molecule has 202 valence electrons. The molecule has 0 radical (unpaired) electrons. The summed E-state index contributed by atoms with van der Waals surface area (Å²) in [6.07, 6.45) is -4.63. The van der Waals surface area contributed by atoms with E-state index in [2.05, 4.69) is 20.8 Å². The summed E-state index contributed by atoms with van der Waals surface area (Å²) in [6.45, 7) is -0.0765. The normalized spacial score (nSPS) is 11.3. The van der Waals surface area contributed by atoms with Gasteiger partial charge in [0.1, 0.15) is 0 Å². The van der Waals surface area contributed by atoms with Crippen LogP contribution in [-0.4, -0.2) is 32.3 Å². The Labute approximate surface area is 239 Å². The fraction of sp³-hybridized carbons (Fsp3) is 0.120. The molecule has 0 saturated heterocycles. The summed E-state index contributed by atoms with van der Waals surface area (Å²) in [6, 6.07) is 15.9. The Morgan fingerprint density at radius 1 is 0.923 bits per heavy atom. The van der Waals surface area contributed by atoms with Crippen LogP contribution in [0.5, 0.6) is 0 Å². The van der Waals surface area contributed by atoms with E-state index in [9.17, 15) is 22.8 Å². The fourth-order valence-corrected chi connectivity index (χ4v) is 4.80. The topological polar surface area (TPSA) is 88.9 Å².